The molecule has 1 aromatic carbocycles. The molecule has 19 heavy (non-hydrogen) atoms. The molecule has 1 atom stereocenters. The van der Waals surface area contributed by atoms with E-state index in [4.69, 9.17) is 19.9 Å². The largest absolute Gasteiger partial charge is 0.493 e. The van der Waals surface area contributed by atoms with E-state index in [0.29, 0.717) is 11.9 Å². The van der Waals surface area contributed by atoms with Crippen molar-refractivity contribution in [3.05, 3.63) is 17.7 Å². The maximum absolute atomic E-state index is 5.97. The minimum Gasteiger partial charge on any atom is -0.493 e. The van der Waals surface area contributed by atoms with Crippen molar-refractivity contribution in [3.63, 3.8) is 0 Å². The zero-order valence-electron chi connectivity index (χ0n) is 11.9. The van der Waals surface area contributed by atoms with Crippen LogP contribution in [0.2, 0.25) is 0 Å². The summed E-state index contributed by atoms with van der Waals surface area (Å²) in [5, 5.41) is 0. The van der Waals surface area contributed by atoms with Gasteiger partial charge in [0, 0.05) is 6.04 Å². The van der Waals surface area contributed by atoms with Crippen LogP contribution in [0.3, 0.4) is 0 Å². The van der Waals surface area contributed by atoms with Gasteiger partial charge in [-0.05, 0) is 50.3 Å². The van der Waals surface area contributed by atoms with Crippen LogP contribution >= 0.6 is 0 Å². The highest BCUT2D eigenvalue weighted by molar-refractivity contribution is 5.54. The molecule has 2 rings (SSSR count). The van der Waals surface area contributed by atoms with Gasteiger partial charge in [0.2, 0.25) is 5.75 Å². The summed E-state index contributed by atoms with van der Waals surface area (Å²) in [5.74, 6) is 2.16. The number of rotatable bonds is 6. The molecule has 2 N–H and O–H groups in total. The monoisotopic (exact) mass is 265 g/mol. The molecule has 1 saturated carbocycles. The van der Waals surface area contributed by atoms with E-state index in [9.17, 15) is 0 Å². The van der Waals surface area contributed by atoms with Crippen LogP contribution in [-0.4, -0.2) is 26.4 Å². The molecule has 0 radical (unpaired) electrons. The Balaban J connectivity index is 2.28. The summed E-state index contributed by atoms with van der Waals surface area (Å²) in [6.07, 6.45) is 4.53. The number of hydrogen-bond acceptors (Lipinski definition) is 4. The fourth-order valence-electron chi connectivity index (χ4n) is 2.20. The van der Waals surface area contributed by atoms with Crippen molar-refractivity contribution in [1.29, 1.82) is 0 Å². The molecule has 0 heterocycles. The molecule has 1 unspecified atom stereocenters. The molecule has 0 amide bonds. The first-order valence-corrected chi connectivity index (χ1v) is 6.81. The van der Waals surface area contributed by atoms with Gasteiger partial charge in [-0.2, -0.15) is 0 Å². The van der Waals surface area contributed by atoms with Gasteiger partial charge in [0.1, 0.15) is 0 Å². The number of hydrogen-bond donors (Lipinski definition) is 1. The maximum atomic E-state index is 5.97. The third-order valence-electron chi connectivity index (χ3n) is 3.41. The number of benzene rings is 1. The minimum atomic E-state index is 0.104. The Kier molecular flexibility index (Phi) is 4.53. The van der Waals surface area contributed by atoms with E-state index in [1.165, 1.54) is 6.42 Å². The summed E-state index contributed by atoms with van der Waals surface area (Å²) in [4.78, 5) is 0. The van der Waals surface area contributed by atoms with Crippen molar-refractivity contribution in [3.8, 4) is 17.2 Å². The number of nitrogens with two attached hydrogens (primary N) is 1. The first-order chi connectivity index (χ1) is 9.13. The van der Waals surface area contributed by atoms with E-state index >= 15 is 0 Å². The quantitative estimate of drug-likeness (QED) is 0.858. The van der Waals surface area contributed by atoms with Crippen molar-refractivity contribution >= 4 is 0 Å². The minimum absolute atomic E-state index is 0.104. The standard InChI is InChI=1S/C15H23NO3/c1-10(16)7-11-8-13(17-2)15(14(9-11)18-3)19-12-5-4-6-12/h8-10,12H,4-7,16H2,1-3H3. The van der Waals surface area contributed by atoms with Gasteiger partial charge in [0.25, 0.3) is 0 Å². The number of methoxy groups -OCH3 is 2. The van der Waals surface area contributed by atoms with Crippen molar-refractivity contribution in [1.82, 2.24) is 0 Å². The zero-order valence-corrected chi connectivity index (χ0v) is 11.9. The van der Waals surface area contributed by atoms with Crippen LogP contribution in [0.25, 0.3) is 0 Å². The van der Waals surface area contributed by atoms with Crippen LogP contribution in [0.15, 0.2) is 12.1 Å². The lowest BCUT2D eigenvalue weighted by Crippen LogP contribution is -2.25. The third-order valence-corrected chi connectivity index (χ3v) is 3.41. The van der Waals surface area contributed by atoms with Gasteiger partial charge in [-0.15, -0.1) is 0 Å². The summed E-state index contributed by atoms with van der Waals surface area (Å²) < 4.78 is 16.8. The Morgan fingerprint density at radius 1 is 1.21 bits per heavy atom. The van der Waals surface area contributed by atoms with E-state index in [1.54, 1.807) is 14.2 Å². The molecule has 0 bridgehead atoms. The molecule has 0 spiro atoms. The maximum Gasteiger partial charge on any atom is 0.203 e. The zero-order chi connectivity index (χ0) is 13.8. The average Bonchev–Trinajstić information content (AvgIpc) is 2.33. The fourth-order valence-corrected chi connectivity index (χ4v) is 2.20. The van der Waals surface area contributed by atoms with E-state index in [0.717, 1.165) is 36.3 Å². The van der Waals surface area contributed by atoms with Crippen LogP contribution in [0.5, 0.6) is 17.2 Å². The Morgan fingerprint density at radius 2 is 1.79 bits per heavy atom. The highest BCUT2D eigenvalue weighted by Gasteiger charge is 2.23. The highest BCUT2D eigenvalue weighted by atomic mass is 16.5. The molecule has 1 fully saturated rings. The smallest absolute Gasteiger partial charge is 0.203 e. The van der Waals surface area contributed by atoms with Gasteiger partial charge in [-0.25, -0.2) is 0 Å². The molecule has 0 aromatic heterocycles. The number of ether oxygens (including phenoxy) is 3. The molecule has 4 heteroatoms. The summed E-state index contributed by atoms with van der Waals surface area (Å²) in [6.45, 7) is 1.98. The van der Waals surface area contributed by atoms with Crippen molar-refractivity contribution in [2.24, 2.45) is 5.73 Å². The van der Waals surface area contributed by atoms with Crippen LogP contribution < -0.4 is 19.9 Å². The second-order valence-electron chi connectivity index (χ2n) is 5.18. The van der Waals surface area contributed by atoms with Crippen LogP contribution in [0.1, 0.15) is 31.7 Å². The van der Waals surface area contributed by atoms with Crippen LogP contribution in [0, 0.1) is 0 Å². The molecule has 106 valence electrons. The van der Waals surface area contributed by atoms with E-state index in [2.05, 4.69) is 0 Å². The summed E-state index contributed by atoms with van der Waals surface area (Å²) in [5.41, 5.74) is 6.95. The molecular weight excluding hydrogens is 242 g/mol. The van der Waals surface area contributed by atoms with E-state index < -0.39 is 0 Å². The van der Waals surface area contributed by atoms with Gasteiger partial charge in [0.15, 0.2) is 11.5 Å². The van der Waals surface area contributed by atoms with Gasteiger partial charge in [-0.3, -0.25) is 0 Å². The summed E-state index contributed by atoms with van der Waals surface area (Å²) >= 11 is 0. The average molecular weight is 265 g/mol. The molecule has 0 saturated heterocycles. The van der Waals surface area contributed by atoms with E-state index in [-0.39, 0.29) is 6.04 Å². The molecule has 1 aliphatic rings. The second-order valence-corrected chi connectivity index (χ2v) is 5.18. The molecule has 1 aromatic rings. The predicted molar refractivity (Wildman–Crippen MR) is 75.2 cm³/mol. The Hall–Kier alpha value is -1.42. The Bertz CT molecular complexity index is 402. The van der Waals surface area contributed by atoms with Gasteiger partial charge in [-0.1, -0.05) is 0 Å². The Labute approximate surface area is 114 Å². The first-order valence-electron chi connectivity index (χ1n) is 6.81. The SMILES string of the molecule is COc1cc(CC(C)N)cc(OC)c1OC1CCC1. The fraction of sp³-hybridized carbons (Fsp3) is 0.600. The van der Waals surface area contributed by atoms with Crippen LogP contribution in [-0.2, 0) is 6.42 Å². The highest BCUT2D eigenvalue weighted by Crippen LogP contribution is 2.41. The predicted octanol–water partition coefficient (Wildman–Crippen LogP) is 2.52. The lowest BCUT2D eigenvalue weighted by atomic mass is 9.96. The summed E-state index contributed by atoms with van der Waals surface area (Å²) in [7, 11) is 3.30. The Morgan fingerprint density at radius 3 is 2.16 bits per heavy atom. The second kappa shape index (κ2) is 6.15. The van der Waals surface area contributed by atoms with Crippen molar-refractivity contribution in [2.45, 2.75) is 44.8 Å². The van der Waals surface area contributed by atoms with Crippen molar-refractivity contribution < 1.29 is 14.2 Å². The lowest BCUT2D eigenvalue weighted by molar-refractivity contribution is 0.111. The normalized spacial score (nSPS) is 16.6. The topological polar surface area (TPSA) is 53.7 Å². The van der Waals surface area contributed by atoms with Crippen LogP contribution in [0.4, 0.5) is 0 Å². The van der Waals surface area contributed by atoms with Gasteiger partial charge >= 0.3 is 0 Å². The van der Waals surface area contributed by atoms with E-state index in [1.807, 2.05) is 19.1 Å². The molecule has 1 aliphatic carbocycles. The molecule has 0 aliphatic heterocycles. The van der Waals surface area contributed by atoms with Gasteiger partial charge < -0.3 is 19.9 Å². The lowest BCUT2D eigenvalue weighted by Gasteiger charge is -2.28. The van der Waals surface area contributed by atoms with Gasteiger partial charge in [0.05, 0.1) is 20.3 Å². The van der Waals surface area contributed by atoms with Crippen molar-refractivity contribution in [2.75, 3.05) is 14.2 Å². The third kappa shape index (κ3) is 3.32. The summed E-state index contributed by atoms with van der Waals surface area (Å²) in [6, 6.07) is 4.08. The molecular formula is C15H23NO3. The molecule has 4 nitrogen and oxygen atoms in total. The first kappa shape index (κ1) is 14.0.